The zero-order valence-electron chi connectivity index (χ0n) is 15.7. The summed E-state index contributed by atoms with van der Waals surface area (Å²) in [6.07, 6.45) is 1.81. The van der Waals surface area contributed by atoms with E-state index in [0.717, 1.165) is 33.7 Å². The number of benzene rings is 2. The van der Waals surface area contributed by atoms with Crippen molar-refractivity contribution in [2.75, 3.05) is 33.2 Å². The van der Waals surface area contributed by atoms with Crippen LogP contribution in [0.4, 0.5) is 5.69 Å². The lowest BCUT2D eigenvalue weighted by Crippen LogP contribution is -2.27. The Labute approximate surface area is 160 Å². The maximum Gasteiger partial charge on any atom is 0.258 e. The fourth-order valence-electron chi connectivity index (χ4n) is 3.79. The lowest BCUT2D eigenvalue weighted by atomic mass is 10.0. The van der Waals surface area contributed by atoms with Gasteiger partial charge in [-0.15, -0.1) is 0 Å². The average molecular weight is 376 g/mol. The van der Waals surface area contributed by atoms with Gasteiger partial charge in [-0.25, -0.2) is 0 Å². The van der Waals surface area contributed by atoms with Gasteiger partial charge < -0.3 is 24.7 Å². The van der Waals surface area contributed by atoms with Gasteiger partial charge in [-0.1, -0.05) is 0 Å². The van der Waals surface area contributed by atoms with Gasteiger partial charge in [0.2, 0.25) is 6.79 Å². The van der Waals surface area contributed by atoms with Gasteiger partial charge in [0, 0.05) is 52.6 Å². The Balaban J connectivity index is 1.95. The number of anilines is 1. The molecule has 2 aromatic carbocycles. The summed E-state index contributed by atoms with van der Waals surface area (Å²) in [5.41, 5.74) is 8.20. The fraction of sp³-hybridized carbons (Fsp3) is 0.238. The Morgan fingerprint density at radius 2 is 1.86 bits per heavy atom. The second kappa shape index (κ2) is 6.10. The van der Waals surface area contributed by atoms with Crippen molar-refractivity contribution in [1.82, 2.24) is 14.5 Å². The first kappa shape index (κ1) is 16.8. The number of likely N-dealkylation sites (N-methyl/N-ethyl adjacent to an activating group) is 1. The summed E-state index contributed by atoms with van der Waals surface area (Å²) in [6.45, 7) is 1.50. The SMILES string of the molecule is CN(C)CCn1c(=O)c2ccc(N)cc2c2cnc3cc4c(cc3c21)OCO4. The van der Waals surface area contributed by atoms with E-state index >= 15 is 0 Å². The smallest absolute Gasteiger partial charge is 0.258 e. The van der Waals surface area contributed by atoms with E-state index in [-0.39, 0.29) is 12.4 Å². The summed E-state index contributed by atoms with van der Waals surface area (Å²) in [7, 11) is 3.99. The third-order valence-corrected chi connectivity index (χ3v) is 5.18. The largest absolute Gasteiger partial charge is 0.454 e. The lowest BCUT2D eigenvalue weighted by molar-refractivity contribution is 0.174. The lowest BCUT2D eigenvalue weighted by Gasteiger charge is -2.17. The van der Waals surface area contributed by atoms with Crippen LogP contribution in [0.5, 0.6) is 11.5 Å². The standard InChI is InChI=1S/C21H20N4O3/c1-24(2)5-6-25-20-15-8-18-19(28-11-27-18)9-17(15)23-10-16(20)14-7-12(22)3-4-13(14)21(25)26/h3-4,7-10H,5-6,11,22H2,1-2H3. The van der Waals surface area contributed by atoms with Gasteiger partial charge in [0.15, 0.2) is 11.5 Å². The molecule has 7 nitrogen and oxygen atoms in total. The number of pyridine rings is 2. The highest BCUT2D eigenvalue weighted by molar-refractivity contribution is 6.15. The topological polar surface area (TPSA) is 82.6 Å². The molecule has 0 saturated heterocycles. The van der Waals surface area contributed by atoms with E-state index in [2.05, 4.69) is 9.88 Å². The van der Waals surface area contributed by atoms with Crippen LogP contribution < -0.4 is 20.8 Å². The van der Waals surface area contributed by atoms with Gasteiger partial charge >= 0.3 is 0 Å². The molecule has 1 aliphatic heterocycles. The maximum atomic E-state index is 13.4. The van der Waals surface area contributed by atoms with Crippen molar-refractivity contribution in [3.05, 3.63) is 46.9 Å². The van der Waals surface area contributed by atoms with Crippen molar-refractivity contribution in [2.45, 2.75) is 6.54 Å². The highest BCUT2D eigenvalue weighted by atomic mass is 16.7. The van der Waals surface area contributed by atoms with Gasteiger partial charge in [-0.3, -0.25) is 9.78 Å². The minimum atomic E-state index is -0.0329. The van der Waals surface area contributed by atoms with Crippen LogP contribution >= 0.6 is 0 Å². The molecule has 0 aliphatic carbocycles. The van der Waals surface area contributed by atoms with Crippen LogP contribution in [0.15, 0.2) is 41.3 Å². The van der Waals surface area contributed by atoms with E-state index in [0.29, 0.717) is 29.1 Å². The van der Waals surface area contributed by atoms with E-state index in [1.165, 1.54) is 0 Å². The van der Waals surface area contributed by atoms with Gasteiger partial charge in [0.25, 0.3) is 5.56 Å². The second-order valence-electron chi connectivity index (χ2n) is 7.31. The van der Waals surface area contributed by atoms with Crippen molar-refractivity contribution < 1.29 is 9.47 Å². The molecule has 0 amide bonds. The molecule has 2 N–H and O–H groups in total. The van der Waals surface area contributed by atoms with Crippen molar-refractivity contribution in [3.63, 3.8) is 0 Å². The highest BCUT2D eigenvalue weighted by Crippen LogP contribution is 2.38. The fourth-order valence-corrected chi connectivity index (χ4v) is 3.79. The molecule has 1 aliphatic rings. The summed E-state index contributed by atoms with van der Waals surface area (Å²) in [5.74, 6) is 1.34. The third-order valence-electron chi connectivity index (χ3n) is 5.18. The Bertz CT molecular complexity index is 1310. The van der Waals surface area contributed by atoms with E-state index in [1.54, 1.807) is 12.1 Å². The van der Waals surface area contributed by atoms with Crippen LogP contribution in [0.3, 0.4) is 0 Å². The van der Waals surface area contributed by atoms with Crippen molar-refractivity contribution in [1.29, 1.82) is 0 Å². The van der Waals surface area contributed by atoms with Gasteiger partial charge in [-0.05, 0) is 38.4 Å². The van der Waals surface area contributed by atoms with E-state index in [1.807, 2.05) is 43.1 Å². The number of ether oxygens (including phenoxy) is 2. The number of hydrogen-bond acceptors (Lipinski definition) is 6. The number of fused-ring (bicyclic) bond motifs is 6. The van der Waals surface area contributed by atoms with Crippen molar-refractivity contribution in [3.8, 4) is 11.5 Å². The molecular formula is C21H20N4O3. The Morgan fingerprint density at radius 3 is 2.64 bits per heavy atom. The maximum absolute atomic E-state index is 13.4. The summed E-state index contributed by atoms with van der Waals surface area (Å²) in [5, 5.41) is 3.21. The van der Waals surface area contributed by atoms with Gasteiger partial charge in [0.05, 0.1) is 11.0 Å². The minimum Gasteiger partial charge on any atom is -0.454 e. The normalized spacial score (nSPS) is 13.2. The number of hydrogen-bond donors (Lipinski definition) is 1. The van der Waals surface area contributed by atoms with Crippen LogP contribution in [0.2, 0.25) is 0 Å². The van der Waals surface area contributed by atoms with Crippen LogP contribution in [-0.4, -0.2) is 41.9 Å². The first-order valence-corrected chi connectivity index (χ1v) is 9.12. The molecule has 0 saturated carbocycles. The first-order chi connectivity index (χ1) is 13.5. The van der Waals surface area contributed by atoms with Crippen LogP contribution in [0.25, 0.3) is 32.6 Å². The number of nitrogens with two attached hydrogens (primary N) is 1. The number of rotatable bonds is 3. The predicted molar refractivity (Wildman–Crippen MR) is 110 cm³/mol. The number of nitrogens with zero attached hydrogens (tertiary/aromatic N) is 3. The highest BCUT2D eigenvalue weighted by Gasteiger charge is 2.19. The monoisotopic (exact) mass is 376 g/mol. The molecule has 0 fully saturated rings. The van der Waals surface area contributed by atoms with E-state index < -0.39 is 0 Å². The second-order valence-corrected chi connectivity index (χ2v) is 7.31. The van der Waals surface area contributed by atoms with Crippen molar-refractivity contribution >= 4 is 38.3 Å². The molecule has 7 heteroatoms. The summed E-state index contributed by atoms with van der Waals surface area (Å²) >= 11 is 0. The molecule has 3 heterocycles. The molecule has 2 aromatic heterocycles. The Hall–Kier alpha value is -3.32. The number of aromatic nitrogens is 2. The summed E-state index contributed by atoms with van der Waals surface area (Å²) in [4.78, 5) is 20.1. The van der Waals surface area contributed by atoms with Crippen LogP contribution in [0, 0.1) is 0 Å². The minimum absolute atomic E-state index is 0.0329. The Morgan fingerprint density at radius 1 is 1.07 bits per heavy atom. The number of nitrogen functional groups attached to an aromatic ring is 1. The van der Waals surface area contributed by atoms with Gasteiger partial charge in [-0.2, -0.15) is 0 Å². The summed E-state index contributed by atoms with van der Waals surface area (Å²) < 4.78 is 12.9. The molecular weight excluding hydrogens is 356 g/mol. The molecule has 4 aromatic rings. The summed E-state index contributed by atoms with van der Waals surface area (Å²) in [6, 6.07) is 9.18. The average Bonchev–Trinajstić information content (AvgIpc) is 3.13. The molecule has 0 bridgehead atoms. The molecule has 28 heavy (non-hydrogen) atoms. The van der Waals surface area contributed by atoms with E-state index in [9.17, 15) is 4.79 Å². The first-order valence-electron chi connectivity index (χ1n) is 9.12. The van der Waals surface area contributed by atoms with Crippen molar-refractivity contribution in [2.24, 2.45) is 0 Å². The van der Waals surface area contributed by atoms with Crippen LogP contribution in [0.1, 0.15) is 0 Å². The zero-order valence-corrected chi connectivity index (χ0v) is 15.7. The zero-order chi connectivity index (χ0) is 19.4. The third kappa shape index (κ3) is 2.47. The molecule has 0 spiro atoms. The molecule has 0 radical (unpaired) electrons. The predicted octanol–water partition coefficient (Wildman–Crippen LogP) is 2.58. The molecule has 5 rings (SSSR count). The van der Waals surface area contributed by atoms with E-state index in [4.69, 9.17) is 15.2 Å². The van der Waals surface area contributed by atoms with Gasteiger partial charge in [0.1, 0.15) is 0 Å². The molecule has 142 valence electrons. The molecule has 0 unspecified atom stereocenters. The quantitative estimate of drug-likeness (QED) is 0.437. The molecule has 0 atom stereocenters. The Kier molecular flexibility index (Phi) is 3.67. The van der Waals surface area contributed by atoms with Crippen LogP contribution in [-0.2, 0) is 6.54 Å².